The first-order valence-electron chi connectivity index (χ1n) is 9.40. The minimum absolute atomic E-state index is 0.181. The molecule has 0 unspecified atom stereocenters. The first kappa shape index (κ1) is 20.6. The van der Waals surface area contributed by atoms with E-state index in [1.165, 1.54) is 11.3 Å². The Morgan fingerprint density at radius 1 is 1.21 bits per heavy atom. The number of carbonyl (C=O) groups excluding carboxylic acids is 1. The van der Waals surface area contributed by atoms with Gasteiger partial charge in [-0.2, -0.15) is 0 Å². The van der Waals surface area contributed by atoms with Gasteiger partial charge in [-0.15, -0.1) is 17.9 Å². The predicted octanol–water partition coefficient (Wildman–Crippen LogP) is 5.56. The smallest absolute Gasteiger partial charge is 0.322 e. The summed E-state index contributed by atoms with van der Waals surface area (Å²) in [6.45, 7) is 9.05. The lowest BCUT2D eigenvalue weighted by molar-refractivity contribution is 0.214. The van der Waals surface area contributed by atoms with Crippen LogP contribution in [0.15, 0.2) is 66.6 Å². The number of aryl methyl sites for hydroxylation is 2. The van der Waals surface area contributed by atoms with Gasteiger partial charge < -0.3 is 15.0 Å². The Morgan fingerprint density at radius 3 is 2.72 bits per heavy atom. The van der Waals surface area contributed by atoms with Gasteiger partial charge in [0.2, 0.25) is 0 Å². The lowest BCUT2D eigenvalue weighted by atomic mass is 10.2. The lowest BCUT2D eigenvalue weighted by Gasteiger charge is -2.20. The number of nitrogens with one attached hydrogen (secondary N) is 1. The zero-order chi connectivity index (χ0) is 20.6. The van der Waals surface area contributed by atoms with Gasteiger partial charge in [-0.05, 0) is 43.7 Å². The van der Waals surface area contributed by atoms with E-state index in [1.54, 1.807) is 11.0 Å². The molecule has 0 saturated heterocycles. The Kier molecular flexibility index (Phi) is 7.03. The molecule has 0 aliphatic carbocycles. The maximum atomic E-state index is 12.7. The van der Waals surface area contributed by atoms with Crippen LogP contribution in [0.4, 0.5) is 10.5 Å². The maximum Gasteiger partial charge on any atom is 0.322 e. The lowest BCUT2D eigenvalue weighted by Crippen LogP contribution is -2.34. The monoisotopic (exact) mass is 407 g/mol. The first-order chi connectivity index (χ1) is 14.0. The van der Waals surface area contributed by atoms with Crippen molar-refractivity contribution in [3.05, 3.63) is 88.4 Å². The van der Waals surface area contributed by atoms with Crippen molar-refractivity contribution < 1.29 is 9.53 Å². The van der Waals surface area contributed by atoms with Crippen LogP contribution in [0.5, 0.6) is 5.75 Å². The number of benzene rings is 2. The number of ether oxygens (including phenoxy) is 1. The minimum atomic E-state index is -0.181. The topological polar surface area (TPSA) is 54.5 Å². The molecule has 0 aliphatic rings. The van der Waals surface area contributed by atoms with Crippen molar-refractivity contribution in [1.82, 2.24) is 9.88 Å². The van der Waals surface area contributed by atoms with E-state index in [-0.39, 0.29) is 6.03 Å². The molecule has 5 nitrogen and oxygen atoms in total. The maximum absolute atomic E-state index is 12.7. The van der Waals surface area contributed by atoms with E-state index in [1.807, 2.05) is 67.8 Å². The SMILES string of the molecule is C=CCN(Cc1csc(COc2cccc(C)c2)n1)C(=O)Nc1ccc(C)cc1. The number of carbonyl (C=O) groups is 1. The van der Waals surface area contributed by atoms with Crippen LogP contribution >= 0.6 is 11.3 Å². The molecule has 3 aromatic rings. The normalized spacial score (nSPS) is 10.4. The molecule has 0 bridgehead atoms. The van der Waals surface area contributed by atoms with E-state index in [0.29, 0.717) is 19.7 Å². The van der Waals surface area contributed by atoms with Crippen LogP contribution in [0.3, 0.4) is 0 Å². The number of amides is 2. The summed E-state index contributed by atoms with van der Waals surface area (Å²) >= 11 is 1.53. The average molecular weight is 408 g/mol. The van der Waals surface area contributed by atoms with E-state index in [0.717, 1.165) is 33.3 Å². The Balaban J connectivity index is 1.59. The third kappa shape index (κ3) is 6.19. The van der Waals surface area contributed by atoms with Gasteiger partial charge in [0.1, 0.15) is 17.4 Å². The van der Waals surface area contributed by atoms with Gasteiger partial charge in [0.15, 0.2) is 0 Å². The number of hydrogen-bond acceptors (Lipinski definition) is 4. The molecular weight excluding hydrogens is 382 g/mol. The molecule has 2 amide bonds. The number of urea groups is 1. The van der Waals surface area contributed by atoms with Crippen LogP contribution in [0.25, 0.3) is 0 Å². The molecule has 3 rings (SSSR count). The van der Waals surface area contributed by atoms with Crippen molar-refractivity contribution in [1.29, 1.82) is 0 Å². The van der Waals surface area contributed by atoms with E-state index in [4.69, 9.17) is 4.74 Å². The van der Waals surface area contributed by atoms with Crippen LogP contribution in [0.2, 0.25) is 0 Å². The van der Waals surface area contributed by atoms with Crippen LogP contribution in [0.1, 0.15) is 21.8 Å². The summed E-state index contributed by atoms with van der Waals surface area (Å²) in [6.07, 6.45) is 1.71. The second kappa shape index (κ2) is 9.89. The van der Waals surface area contributed by atoms with Crippen LogP contribution in [0, 0.1) is 13.8 Å². The van der Waals surface area contributed by atoms with Gasteiger partial charge in [0.25, 0.3) is 0 Å². The van der Waals surface area contributed by atoms with Gasteiger partial charge >= 0.3 is 6.03 Å². The third-order valence-corrected chi connectivity index (χ3v) is 5.11. The molecule has 6 heteroatoms. The van der Waals surface area contributed by atoms with Crippen molar-refractivity contribution >= 4 is 23.1 Å². The molecule has 0 saturated carbocycles. The molecular formula is C23H25N3O2S. The van der Waals surface area contributed by atoms with Gasteiger partial charge in [-0.25, -0.2) is 9.78 Å². The van der Waals surface area contributed by atoms with Gasteiger partial charge in [0.05, 0.1) is 12.2 Å². The summed E-state index contributed by atoms with van der Waals surface area (Å²) < 4.78 is 5.81. The van der Waals surface area contributed by atoms with Crippen LogP contribution < -0.4 is 10.1 Å². The number of thiazole rings is 1. The largest absolute Gasteiger partial charge is 0.486 e. The number of hydrogen-bond donors (Lipinski definition) is 1. The number of aromatic nitrogens is 1. The molecule has 0 atom stereocenters. The standard InChI is InChI=1S/C23H25N3O2S/c1-4-12-26(23(27)25-19-10-8-17(2)9-11-19)14-20-16-29-22(24-20)15-28-21-7-5-6-18(3)13-21/h4-11,13,16H,1,12,14-15H2,2-3H3,(H,25,27). The summed E-state index contributed by atoms with van der Waals surface area (Å²) in [5.41, 5.74) is 3.90. The zero-order valence-corrected chi connectivity index (χ0v) is 17.5. The van der Waals surface area contributed by atoms with Crippen LogP contribution in [-0.2, 0) is 13.2 Å². The molecule has 1 heterocycles. The number of anilines is 1. The van der Waals surface area contributed by atoms with E-state index < -0.39 is 0 Å². The number of nitrogens with zero attached hydrogens (tertiary/aromatic N) is 2. The highest BCUT2D eigenvalue weighted by Crippen LogP contribution is 2.18. The highest BCUT2D eigenvalue weighted by atomic mass is 32.1. The second-order valence-corrected chi connectivity index (χ2v) is 7.75. The van der Waals surface area contributed by atoms with Crippen molar-refractivity contribution in [3.63, 3.8) is 0 Å². The number of rotatable bonds is 8. The van der Waals surface area contributed by atoms with Gasteiger partial charge in [-0.3, -0.25) is 0 Å². The van der Waals surface area contributed by atoms with Crippen molar-refractivity contribution in [3.8, 4) is 5.75 Å². The minimum Gasteiger partial charge on any atom is -0.486 e. The highest BCUT2D eigenvalue weighted by Gasteiger charge is 2.15. The summed E-state index contributed by atoms with van der Waals surface area (Å²) in [5.74, 6) is 0.826. The third-order valence-electron chi connectivity index (χ3n) is 4.24. The molecule has 0 aliphatic heterocycles. The fourth-order valence-electron chi connectivity index (χ4n) is 2.75. The molecule has 29 heavy (non-hydrogen) atoms. The summed E-state index contributed by atoms with van der Waals surface area (Å²) in [4.78, 5) is 18.9. The first-order valence-corrected chi connectivity index (χ1v) is 10.3. The van der Waals surface area contributed by atoms with E-state index in [9.17, 15) is 4.79 Å². The van der Waals surface area contributed by atoms with E-state index >= 15 is 0 Å². The average Bonchev–Trinajstić information content (AvgIpc) is 3.15. The van der Waals surface area contributed by atoms with Gasteiger partial charge in [-0.1, -0.05) is 35.9 Å². The molecule has 1 N–H and O–H groups in total. The Morgan fingerprint density at radius 2 is 2.00 bits per heavy atom. The highest BCUT2D eigenvalue weighted by molar-refractivity contribution is 7.09. The summed E-state index contributed by atoms with van der Waals surface area (Å²) in [7, 11) is 0. The Hall–Kier alpha value is -3.12. The summed E-state index contributed by atoms with van der Waals surface area (Å²) in [6, 6.07) is 15.5. The molecule has 0 spiro atoms. The Bertz CT molecular complexity index is 966. The van der Waals surface area contributed by atoms with Crippen LogP contribution in [-0.4, -0.2) is 22.5 Å². The second-order valence-electron chi connectivity index (χ2n) is 6.80. The van der Waals surface area contributed by atoms with Crippen molar-refractivity contribution in [2.75, 3.05) is 11.9 Å². The molecule has 2 aromatic carbocycles. The quantitative estimate of drug-likeness (QED) is 0.498. The zero-order valence-electron chi connectivity index (χ0n) is 16.7. The molecule has 0 fully saturated rings. The predicted molar refractivity (Wildman–Crippen MR) is 118 cm³/mol. The van der Waals surface area contributed by atoms with E-state index in [2.05, 4.69) is 16.9 Å². The molecule has 0 radical (unpaired) electrons. The molecule has 1 aromatic heterocycles. The van der Waals surface area contributed by atoms with Gasteiger partial charge in [0, 0.05) is 17.6 Å². The van der Waals surface area contributed by atoms with Crippen molar-refractivity contribution in [2.45, 2.75) is 27.0 Å². The summed E-state index contributed by atoms with van der Waals surface area (Å²) in [5, 5.41) is 5.76. The van der Waals surface area contributed by atoms with Crippen molar-refractivity contribution in [2.24, 2.45) is 0 Å². The molecule has 150 valence electrons. The Labute approximate surface area is 175 Å². The fourth-order valence-corrected chi connectivity index (χ4v) is 3.44. The fraction of sp³-hybridized carbons (Fsp3) is 0.217.